The number of benzene rings is 3. The second kappa shape index (κ2) is 15.5. The summed E-state index contributed by atoms with van der Waals surface area (Å²) < 4.78 is 52.5. The molecule has 260 valence electrons. The molecule has 4 aromatic rings. The van der Waals surface area contributed by atoms with E-state index in [9.17, 15) is 18.3 Å². The molecule has 6 rings (SSSR count). The zero-order valence-electron chi connectivity index (χ0n) is 27.1. The molecule has 1 aromatic heterocycles. The van der Waals surface area contributed by atoms with E-state index in [4.69, 9.17) is 18.7 Å². The van der Waals surface area contributed by atoms with Crippen LogP contribution in [0.3, 0.4) is 0 Å². The minimum Gasteiger partial charge on any atom is -0.443 e. The van der Waals surface area contributed by atoms with Crippen LogP contribution >= 0.6 is 15.9 Å². The number of amides is 1. The van der Waals surface area contributed by atoms with Crippen molar-refractivity contribution in [3.05, 3.63) is 88.9 Å². The fourth-order valence-corrected chi connectivity index (χ4v) is 7.90. The average Bonchev–Trinajstić information content (AvgIpc) is 3.85. The first-order valence-corrected chi connectivity index (χ1v) is 18.4. The van der Waals surface area contributed by atoms with Crippen LogP contribution in [0, 0.1) is 11.8 Å². The number of nitrogens with zero attached hydrogens (tertiary/aromatic N) is 3. The van der Waals surface area contributed by atoms with Crippen LogP contribution < -0.4 is 5.32 Å². The molecule has 0 spiro atoms. The smallest absolute Gasteiger partial charge is 0.407 e. The van der Waals surface area contributed by atoms with Crippen LogP contribution in [0.4, 0.5) is 4.79 Å². The van der Waals surface area contributed by atoms with Gasteiger partial charge in [-0.3, -0.25) is 0 Å². The summed E-state index contributed by atoms with van der Waals surface area (Å²) in [5, 5.41) is 18.5. The number of alkyl carbamates (subject to hydrolysis) is 1. The minimum absolute atomic E-state index is 0.0438. The number of aromatic nitrogens is 2. The summed E-state index contributed by atoms with van der Waals surface area (Å²) in [6.45, 7) is 4.46. The number of sulfonamides is 1. The van der Waals surface area contributed by atoms with Gasteiger partial charge in [-0.2, -0.15) is 9.29 Å². The van der Waals surface area contributed by atoms with Crippen LogP contribution in [0.2, 0.25) is 0 Å². The first-order valence-electron chi connectivity index (χ1n) is 16.2. The number of nitrogens with one attached hydrogen (secondary N) is 1. The van der Waals surface area contributed by atoms with Gasteiger partial charge in [-0.15, -0.1) is 0 Å². The highest BCUT2D eigenvalue weighted by atomic mass is 79.9. The number of rotatable bonds is 13. The number of ether oxygens (including phenoxy) is 3. The summed E-state index contributed by atoms with van der Waals surface area (Å²) in [5.41, 5.74) is 2.19. The fraction of sp³-hybridized carbons (Fsp3) is 0.400. The predicted octanol–water partition coefficient (Wildman–Crippen LogP) is 5.27. The molecule has 5 atom stereocenters. The molecule has 3 heterocycles. The van der Waals surface area contributed by atoms with Gasteiger partial charge in [0.1, 0.15) is 6.10 Å². The molecule has 49 heavy (non-hydrogen) atoms. The summed E-state index contributed by atoms with van der Waals surface area (Å²) >= 11 is 3.41. The van der Waals surface area contributed by atoms with Crippen molar-refractivity contribution in [2.75, 3.05) is 26.3 Å². The van der Waals surface area contributed by atoms with Crippen molar-refractivity contribution in [3.8, 4) is 22.8 Å². The molecule has 2 fully saturated rings. The Kier molecular flexibility index (Phi) is 11.1. The Balaban J connectivity index is 1.17. The van der Waals surface area contributed by atoms with Gasteiger partial charge in [-0.25, -0.2) is 13.2 Å². The molecular weight excluding hydrogens is 716 g/mol. The van der Waals surface area contributed by atoms with Gasteiger partial charge in [0.2, 0.25) is 15.8 Å². The van der Waals surface area contributed by atoms with Crippen LogP contribution in [-0.4, -0.2) is 84.9 Å². The number of carbonyl (C=O) groups is 1. The number of carbonyl (C=O) groups excluding carboxylic acids is 1. The van der Waals surface area contributed by atoms with Gasteiger partial charge in [0.05, 0.1) is 36.2 Å². The van der Waals surface area contributed by atoms with Crippen LogP contribution in [0.5, 0.6) is 0 Å². The Morgan fingerprint density at radius 2 is 1.73 bits per heavy atom. The predicted molar refractivity (Wildman–Crippen MR) is 184 cm³/mol. The lowest BCUT2D eigenvalue weighted by molar-refractivity contribution is -0.0907. The maximum absolute atomic E-state index is 14.0. The summed E-state index contributed by atoms with van der Waals surface area (Å²) in [6.07, 6.45) is -1.84. The Hall–Kier alpha value is -3.66. The van der Waals surface area contributed by atoms with E-state index in [0.29, 0.717) is 23.9 Å². The number of hydrogen-bond donors (Lipinski definition) is 2. The monoisotopic (exact) mass is 754 g/mol. The molecule has 2 N–H and O–H groups in total. The minimum atomic E-state index is -4.07. The molecule has 2 saturated heterocycles. The Bertz CT molecular complexity index is 1810. The van der Waals surface area contributed by atoms with Gasteiger partial charge in [-0.1, -0.05) is 65.3 Å². The molecule has 3 aromatic carbocycles. The quantitative estimate of drug-likeness (QED) is 0.185. The van der Waals surface area contributed by atoms with E-state index < -0.39 is 34.4 Å². The number of aliphatic hydroxyl groups is 1. The van der Waals surface area contributed by atoms with E-state index >= 15 is 0 Å². The van der Waals surface area contributed by atoms with Crippen molar-refractivity contribution in [2.45, 2.75) is 56.1 Å². The topological polar surface area (TPSA) is 153 Å². The standard InChI is InChI=1S/C35H39BrN4O8S/c1-22(2)19-40(49(43,44)27-14-10-24(11-15-27)32-38-33(48-39-32)25-8-12-26(36)13-9-25)20-30(41)29(18-23-6-4-3-5-7-23)37-35(42)47-31-21-46-34-28(31)16-17-45-34/h3-15,22,28-31,34,41H,16-21H2,1-2H3,(H,37,42)/t28-,29-,30+,31-,34+/m0/s1. The van der Waals surface area contributed by atoms with Crippen LogP contribution in [0.1, 0.15) is 25.8 Å². The van der Waals surface area contributed by atoms with E-state index in [1.54, 1.807) is 12.1 Å². The van der Waals surface area contributed by atoms with E-state index in [2.05, 4.69) is 31.4 Å². The lowest BCUT2D eigenvalue weighted by Crippen LogP contribution is -2.51. The lowest BCUT2D eigenvalue weighted by Gasteiger charge is -2.31. The van der Waals surface area contributed by atoms with Crippen molar-refractivity contribution >= 4 is 32.0 Å². The highest BCUT2D eigenvalue weighted by Crippen LogP contribution is 2.33. The van der Waals surface area contributed by atoms with Crippen molar-refractivity contribution in [3.63, 3.8) is 0 Å². The van der Waals surface area contributed by atoms with E-state index in [-0.39, 0.29) is 49.1 Å². The third-order valence-electron chi connectivity index (χ3n) is 8.54. The van der Waals surface area contributed by atoms with Gasteiger partial charge in [0.25, 0.3) is 5.89 Å². The second-order valence-corrected chi connectivity index (χ2v) is 15.5. The van der Waals surface area contributed by atoms with Crippen molar-refractivity contribution in [2.24, 2.45) is 11.8 Å². The highest BCUT2D eigenvalue weighted by molar-refractivity contribution is 9.10. The molecule has 14 heteroatoms. The molecule has 0 saturated carbocycles. The molecule has 0 aliphatic carbocycles. The van der Waals surface area contributed by atoms with Gasteiger partial charge < -0.3 is 29.2 Å². The lowest BCUT2D eigenvalue weighted by atomic mass is 10.0. The van der Waals surface area contributed by atoms with Crippen molar-refractivity contribution in [1.29, 1.82) is 0 Å². The molecule has 12 nitrogen and oxygen atoms in total. The first-order chi connectivity index (χ1) is 23.6. The third-order valence-corrected chi connectivity index (χ3v) is 10.9. The second-order valence-electron chi connectivity index (χ2n) is 12.6. The largest absolute Gasteiger partial charge is 0.443 e. The van der Waals surface area contributed by atoms with Gasteiger partial charge in [-0.05, 0) is 72.9 Å². The molecule has 0 unspecified atom stereocenters. The summed E-state index contributed by atoms with van der Waals surface area (Å²) in [6, 6.07) is 22.2. The van der Waals surface area contributed by atoms with Crippen molar-refractivity contribution < 1.29 is 37.1 Å². The van der Waals surface area contributed by atoms with Crippen LogP contribution in [-0.2, 0) is 30.7 Å². The highest BCUT2D eigenvalue weighted by Gasteiger charge is 2.44. The van der Waals surface area contributed by atoms with Gasteiger partial charge >= 0.3 is 6.09 Å². The van der Waals surface area contributed by atoms with E-state index in [1.165, 1.54) is 16.4 Å². The number of fused-ring (bicyclic) bond motifs is 1. The Morgan fingerprint density at radius 3 is 2.45 bits per heavy atom. The molecule has 0 radical (unpaired) electrons. The summed E-state index contributed by atoms with van der Waals surface area (Å²) in [7, 11) is -4.07. The van der Waals surface area contributed by atoms with Crippen molar-refractivity contribution in [1.82, 2.24) is 19.8 Å². The fourth-order valence-electron chi connectivity index (χ4n) is 6.01. The number of aliphatic hydroxyl groups excluding tert-OH is 1. The van der Waals surface area contributed by atoms with Crippen LogP contribution in [0.15, 0.2) is 92.8 Å². The maximum Gasteiger partial charge on any atom is 0.407 e. The maximum atomic E-state index is 14.0. The third kappa shape index (κ3) is 8.56. The van der Waals surface area contributed by atoms with E-state index in [1.807, 2.05) is 68.4 Å². The molecule has 1 amide bonds. The number of halogens is 1. The normalized spacial score (nSPS) is 20.3. The molecule has 0 bridgehead atoms. The molecular formula is C35H39BrN4O8S. The van der Waals surface area contributed by atoms with Gasteiger partial charge in [0.15, 0.2) is 6.29 Å². The summed E-state index contributed by atoms with van der Waals surface area (Å²) in [4.78, 5) is 17.6. The van der Waals surface area contributed by atoms with Gasteiger partial charge in [0, 0.05) is 28.7 Å². The SMILES string of the molecule is CC(C)CN(C[C@@H](O)[C@H](Cc1ccccc1)NC(=O)O[C@H]1CO[C@H]2OCC[C@H]21)S(=O)(=O)c1ccc(-c2noc(-c3ccc(Br)cc3)n2)cc1. The number of hydrogen-bond acceptors (Lipinski definition) is 10. The Morgan fingerprint density at radius 1 is 1.02 bits per heavy atom. The Labute approximate surface area is 293 Å². The average molecular weight is 756 g/mol. The zero-order chi connectivity index (χ0) is 34.5. The summed E-state index contributed by atoms with van der Waals surface area (Å²) in [5.74, 6) is 0.562. The molecule has 2 aliphatic rings. The van der Waals surface area contributed by atoms with E-state index in [0.717, 1.165) is 22.0 Å². The zero-order valence-corrected chi connectivity index (χ0v) is 29.5. The first kappa shape index (κ1) is 35.2. The molecule has 2 aliphatic heterocycles. The van der Waals surface area contributed by atoms with Crippen LogP contribution in [0.25, 0.3) is 22.8 Å².